The average Bonchev–Trinajstić information content (AvgIpc) is 3.37. The van der Waals surface area contributed by atoms with Crippen LogP contribution >= 0.6 is 0 Å². The third-order valence-electron chi connectivity index (χ3n) is 5.18. The number of fused-ring (bicyclic) bond motifs is 1. The topological polar surface area (TPSA) is 113 Å². The van der Waals surface area contributed by atoms with Crippen molar-refractivity contribution in [3.63, 3.8) is 0 Å². The quantitative estimate of drug-likeness (QED) is 0.646. The van der Waals surface area contributed by atoms with Crippen LogP contribution in [0.3, 0.4) is 0 Å². The number of carbonyl (C=O) groups excluding carboxylic acids is 2. The molecule has 0 saturated carbocycles. The van der Waals surface area contributed by atoms with E-state index in [1.807, 2.05) is 4.90 Å². The zero-order chi connectivity index (χ0) is 20.2. The van der Waals surface area contributed by atoms with E-state index in [0.717, 1.165) is 12.8 Å². The van der Waals surface area contributed by atoms with E-state index in [4.69, 9.17) is 0 Å². The minimum absolute atomic E-state index is 0.0308. The molecule has 0 bridgehead atoms. The summed E-state index contributed by atoms with van der Waals surface area (Å²) >= 11 is 0. The standard InChI is InChI=1S/C20H22N6O3/c27-16-8-15(10-21-11-16)9-19(28)25-7-5-14(12-25)4-6-22-20(29)17-2-1-3-18-24-23-13-26(17)18/h1-3,8,10-11,13-14,27H,4-7,9,12H2,(H,22,29). The van der Waals surface area contributed by atoms with Gasteiger partial charge in [0.1, 0.15) is 17.8 Å². The van der Waals surface area contributed by atoms with Crippen LogP contribution in [-0.2, 0) is 11.2 Å². The molecule has 1 fully saturated rings. The Morgan fingerprint density at radius 3 is 3.03 bits per heavy atom. The minimum atomic E-state index is -0.169. The highest BCUT2D eigenvalue weighted by molar-refractivity contribution is 5.93. The van der Waals surface area contributed by atoms with Gasteiger partial charge in [0.05, 0.1) is 12.6 Å². The van der Waals surface area contributed by atoms with Crippen molar-refractivity contribution in [1.82, 2.24) is 29.8 Å². The minimum Gasteiger partial charge on any atom is -0.506 e. The Kier molecular flexibility index (Phi) is 5.37. The molecule has 1 saturated heterocycles. The number of likely N-dealkylation sites (tertiary alicyclic amines) is 1. The van der Waals surface area contributed by atoms with Crippen LogP contribution in [0.2, 0.25) is 0 Å². The van der Waals surface area contributed by atoms with Crippen LogP contribution in [0, 0.1) is 5.92 Å². The fourth-order valence-corrected chi connectivity index (χ4v) is 3.67. The second kappa shape index (κ2) is 8.26. The summed E-state index contributed by atoms with van der Waals surface area (Å²) in [6.45, 7) is 1.94. The second-order valence-electron chi connectivity index (χ2n) is 7.24. The molecule has 2 amide bonds. The zero-order valence-electron chi connectivity index (χ0n) is 15.9. The molecule has 9 heteroatoms. The number of hydrogen-bond acceptors (Lipinski definition) is 6. The molecule has 0 aliphatic carbocycles. The van der Waals surface area contributed by atoms with Crippen molar-refractivity contribution in [2.24, 2.45) is 5.92 Å². The molecule has 9 nitrogen and oxygen atoms in total. The Balaban J connectivity index is 1.25. The summed E-state index contributed by atoms with van der Waals surface area (Å²) in [6, 6.07) is 6.87. The first-order chi connectivity index (χ1) is 14.1. The molecular formula is C20H22N6O3. The Morgan fingerprint density at radius 1 is 1.28 bits per heavy atom. The summed E-state index contributed by atoms with van der Waals surface area (Å²) in [5.41, 5.74) is 1.83. The number of nitrogens with one attached hydrogen (secondary N) is 1. The first-order valence-corrected chi connectivity index (χ1v) is 9.58. The van der Waals surface area contributed by atoms with Gasteiger partial charge in [-0.05, 0) is 42.5 Å². The lowest BCUT2D eigenvalue weighted by molar-refractivity contribution is -0.129. The summed E-state index contributed by atoms with van der Waals surface area (Å²) in [5, 5.41) is 20.2. The molecule has 0 radical (unpaired) electrons. The van der Waals surface area contributed by atoms with Gasteiger partial charge < -0.3 is 15.3 Å². The fraction of sp³-hybridized carbons (Fsp3) is 0.350. The molecule has 3 aromatic heterocycles. The first kappa shape index (κ1) is 18.9. The molecule has 29 heavy (non-hydrogen) atoms. The maximum absolute atomic E-state index is 12.5. The van der Waals surface area contributed by atoms with Gasteiger partial charge in [-0.1, -0.05) is 6.07 Å². The maximum atomic E-state index is 12.5. The van der Waals surface area contributed by atoms with E-state index >= 15 is 0 Å². The van der Waals surface area contributed by atoms with Crippen molar-refractivity contribution >= 4 is 17.5 Å². The van der Waals surface area contributed by atoms with Gasteiger partial charge in [0.2, 0.25) is 5.91 Å². The molecule has 1 unspecified atom stereocenters. The van der Waals surface area contributed by atoms with Crippen molar-refractivity contribution in [1.29, 1.82) is 0 Å². The summed E-state index contributed by atoms with van der Waals surface area (Å²) in [5.74, 6) is 0.278. The van der Waals surface area contributed by atoms with Gasteiger partial charge in [-0.3, -0.25) is 19.0 Å². The lowest BCUT2D eigenvalue weighted by Gasteiger charge is -2.17. The molecule has 150 valence electrons. The van der Waals surface area contributed by atoms with Gasteiger partial charge in [0.15, 0.2) is 5.65 Å². The van der Waals surface area contributed by atoms with Crippen LogP contribution in [0.5, 0.6) is 5.75 Å². The Labute approximate surface area is 167 Å². The number of carbonyl (C=O) groups is 2. The van der Waals surface area contributed by atoms with Crippen molar-refractivity contribution in [3.8, 4) is 5.75 Å². The van der Waals surface area contributed by atoms with Gasteiger partial charge in [0.25, 0.3) is 5.91 Å². The van der Waals surface area contributed by atoms with Crippen molar-refractivity contribution in [2.45, 2.75) is 19.3 Å². The summed E-state index contributed by atoms with van der Waals surface area (Å²) in [6.07, 6.45) is 6.41. The van der Waals surface area contributed by atoms with Crippen LogP contribution in [0.4, 0.5) is 0 Å². The van der Waals surface area contributed by atoms with Crippen LogP contribution in [0.1, 0.15) is 28.9 Å². The van der Waals surface area contributed by atoms with Crippen molar-refractivity contribution in [2.75, 3.05) is 19.6 Å². The number of aromatic nitrogens is 4. The summed E-state index contributed by atoms with van der Waals surface area (Å²) in [4.78, 5) is 30.7. The molecule has 1 aliphatic rings. The van der Waals surface area contributed by atoms with Crippen LogP contribution in [0.15, 0.2) is 43.0 Å². The third-order valence-corrected chi connectivity index (χ3v) is 5.18. The predicted molar refractivity (Wildman–Crippen MR) is 104 cm³/mol. The molecule has 0 aromatic carbocycles. The molecule has 4 rings (SSSR count). The average molecular weight is 394 g/mol. The molecular weight excluding hydrogens is 372 g/mol. The summed E-state index contributed by atoms with van der Waals surface area (Å²) in [7, 11) is 0. The third kappa shape index (κ3) is 4.34. The van der Waals surface area contributed by atoms with E-state index in [0.29, 0.717) is 42.5 Å². The normalized spacial score (nSPS) is 16.3. The molecule has 4 heterocycles. The lowest BCUT2D eigenvalue weighted by atomic mass is 10.1. The number of nitrogens with zero attached hydrogens (tertiary/aromatic N) is 5. The van der Waals surface area contributed by atoms with Crippen LogP contribution < -0.4 is 5.32 Å². The largest absolute Gasteiger partial charge is 0.506 e. The highest BCUT2D eigenvalue weighted by atomic mass is 16.3. The predicted octanol–water partition coefficient (Wildman–Crippen LogP) is 1.04. The number of pyridine rings is 2. The van der Waals surface area contributed by atoms with E-state index in [2.05, 4.69) is 20.5 Å². The number of aromatic hydroxyl groups is 1. The monoisotopic (exact) mass is 394 g/mol. The van der Waals surface area contributed by atoms with Gasteiger partial charge in [-0.2, -0.15) is 0 Å². The molecule has 2 N–H and O–H groups in total. The van der Waals surface area contributed by atoms with Crippen molar-refractivity contribution in [3.05, 3.63) is 54.2 Å². The SMILES string of the molecule is O=C(NCCC1CCN(C(=O)Cc2cncc(O)c2)C1)c1cccc2nncn12. The van der Waals surface area contributed by atoms with Crippen LogP contribution in [0.25, 0.3) is 5.65 Å². The second-order valence-corrected chi connectivity index (χ2v) is 7.24. The Morgan fingerprint density at radius 2 is 2.17 bits per heavy atom. The van der Waals surface area contributed by atoms with Gasteiger partial charge in [0, 0.05) is 25.8 Å². The van der Waals surface area contributed by atoms with Gasteiger partial charge >= 0.3 is 0 Å². The zero-order valence-corrected chi connectivity index (χ0v) is 15.9. The number of amides is 2. The van der Waals surface area contributed by atoms with Gasteiger partial charge in [-0.15, -0.1) is 10.2 Å². The molecule has 1 atom stereocenters. The molecule has 1 aliphatic heterocycles. The summed E-state index contributed by atoms with van der Waals surface area (Å²) < 4.78 is 1.65. The van der Waals surface area contributed by atoms with Crippen molar-refractivity contribution < 1.29 is 14.7 Å². The van der Waals surface area contributed by atoms with E-state index in [9.17, 15) is 14.7 Å². The Hall–Kier alpha value is -3.49. The maximum Gasteiger partial charge on any atom is 0.268 e. The molecule has 3 aromatic rings. The lowest BCUT2D eigenvalue weighted by Crippen LogP contribution is -2.31. The van der Waals surface area contributed by atoms with E-state index in [1.165, 1.54) is 12.5 Å². The van der Waals surface area contributed by atoms with Gasteiger partial charge in [-0.25, -0.2) is 0 Å². The van der Waals surface area contributed by atoms with Crippen LogP contribution in [-0.4, -0.2) is 61.0 Å². The van der Waals surface area contributed by atoms with E-state index in [1.54, 1.807) is 34.9 Å². The highest BCUT2D eigenvalue weighted by Gasteiger charge is 2.26. The highest BCUT2D eigenvalue weighted by Crippen LogP contribution is 2.20. The van der Waals surface area contributed by atoms with E-state index in [-0.39, 0.29) is 24.0 Å². The first-order valence-electron chi connectivity index (χ1n) is 9.58. The number of rotatable bonds is 6. The smallest absolute Gasteiger partial charge is 0.268 e. The molecule has 0 spiro atoms. The number of hydrogen-bond donors (Lipinski definition) is 2. The van der Waals surface area contributed by atoms with E-state index < -0.39 is 0 Å². The Bertz CT molecular complexity index is 1030. The fourth-order valence-electron chi connectivity index (χ4n) is 3.67.